The van der Waals surface area contributed by atoms with Crippen LogP contribution in [0.3, 0.4) is 0 Å². The van der Waals surface area contributed by atoms with Crippen molar-refractivity contribution in [2.24, 2.45) is 5.92 Å². The van der Waals surface area contributed by atoms with Gasteiger partial charge in [-0.15, -0.1) is 0 Å². The van der Waals surface area contributed by atoms with E-state index >= 15 is 0 Å². The van der Waals surface area contributed by atoms with Crippen LogP contribution in [0.15, 0.2) is 47.4 Å². The van der Waals surface area contributed by atoms with Crippen LogP contribution >= 0.6 is 23.2 Å². The molecule has 33 heavy (non-hydrogen) atoms. The second-order valence-electron chi connectivity index (χ2n) is 8.44. The molecular formula is C23H21Cl2FN2O4S. The number of hydrogen-bond acceptors (Lipinski definition) is 5. The van der Waals surface area contributed by atoms with E-state index in [1.807, 2.05) is 0 Å². The Hall–Kier alpha value is -2.18. The molecule has 0 aliphatic heterocycles. The van der Waals surface area contributed by atoms with E-state index in [1.54, 1.807) is 12.1 Å². The molecule has 0 aromatic heterocycles. The normalized spacial score (nSPS) is 23.6. The van der Waals surface area contributed by atoms with Gasteiger partial charge in [0.2, 0.25) is 5.91 Å². The lowest BCUT2D eigenvalue weighted by molar-refractivity contribution is -0.130. The number of carbonyl (C=O) groups excluding carboxylic acids is 1. The van der Waals surface area contributed by atoms with Crippen LogP contribution in [0.2, 0.25) is 10.0 Å². The predicted molar refractivity (Wildman–Crippen MR) is 121 cm³/mol. The first-order valence-electron chi connectivity index (χ1n) is 10.4. The molecule has 2 aromatic rings. The largest absolute Gasteiger partial charge is 0.373 e. The summed E-state index contributed by atoms with van der Waals surface area (Å²) >= 11 is 11.9. The van der Waals surface area contributed by atoms with Gasteiger partial charge in [-0.3, -0.25) is 4.79 Å². The van der Waals surface area contributed by atoms with Crippen LogP contribution in [0.1, 0.15) is 31.2 Å². The Morgan fingerprint density at radius 1 is 1.21 bits per heavy atom. The zero-order valence-corrected chi connectivity index (χ0v) is 19.8. The maximum atomic E-state index is 14.2. The molecule has 2 aromatic carbocycles. The second kappa shape index (κ2) is 9.22. The zero-order chi connectivity index (χ0) is 23.8. The fourth-order valence-electron chi connectivity index (χ4n) is 4.08. The van der Waals surface area contributed by atoms with Crippen molar-refractivity contribution in [3.63, 3.8) is 0 Å². The molecule has 6 nitrogen and oxygen atoms in total. The third-order valence-electron chi connectivity index (χ3n) is 6.17. The van der Waals surface area contributed by atoms with Crippen molar-refractivity contribution in [3.8, 4) is 6.07 Å². The summed E-state index contributed by atoms with van der Waals surface area (Å²) in [5.74, 6) is -1.80. The van der Waals surface area contributed by atoms with Gasteiger partial charge >= 0.3 is 0 Å². The first-order chi connectivity index (χ1) is 15.6. The van der Waals surface area contributed by atoms with Crippen LogP contribution in [0, 0.1) is 23.1 Å². The summed E-state index contributed by atoms with van der Waals surface area (Å²) in [6.07, 6.45) is 0.363. The minimum Gasteiger partial charge on any atom is -0.373 e. The predicted octanol–water partition coefficient (Wildman–Crippen LogP) is 4.44. The average Bonchev–Trinajstić information content (AvgIpc) is 3.40. The Kier molecular flexibility index (Phi) is 6.70. The molecule has 3 atom stereocenters. The first-order valence-corrected chi connectivity index (χ1v) is 12.7. The summed E-state index contributed by atoms with van der Waals surface area (Å²) in [5.41, 5.74) is -0.657. The summed E-state index contributed by atoms with van der Waals surface area (Å²) in [4.78, 5) is 13.0. The van der Waals surface area contributed by atoms with E-state index < -0.39 is 44.4 Å². The molecular weight excluding hydrogens is 490 g/mol. The molecule has 10 heteroatoms. The molecule has 174 valence electrons. The van der Waals surface area contributed by atoms with E-state index in [1.165, 1.54) is 24.3 Å². The van der Waals surface area contributed by atoms with E-state index in [4.69, 9.17) is 27.9 Å². The minimum absolute atomic E-state index is 0.00379. The second-order valence-corrected chi connectivity index (χ2v) is 11.5. The van der Waals surface area contributed by atoms with E-state index in [2.05, 4.69) is 11.4 Å². The van der Waals surface area contributed by atoms with Crippen molar-refractivity contribution in [2.75, 3.05) is 0 Å². The van der Waals surface area contributed by atoms with Crippen LogP contribution in [-0.4, -0.2) is 31.2 Å². The van der Waals surface area contributed by atoms with Gasteiger partial charge in [-0.25, -0.2) is 12.8 Å². The fourth-order valence-corrected chi connectivity index (χ4v) is 6.56. The Balaban J connectivity index is 1.57. The number of amides is 1. The number of benzene rings is 2. The SMILES string of the molecule is N#CC1(NC(=O)C2CC(S(=O)(=O)c3ccccc3Cl)CC2OCc2ccc(Cl)cc2F)CC1. The van der Waals surface area contributed by atoms with Crippen molar-refractivity contribution < 1.29 is 22.3 Å². The van der Waals surface area contributed by atoms with Crippen LogP contribution in [0.5, 0.6) is 0 Å². The number of carbonyl (C=O) groups is 1. The molecule has 0 heterocycles. The quantitative estimate of drug-likeness (QED) is 0.593. The Bertz CT molecular complexity index is 1230. The first kappa shape index (κ1) is 24.0. The van der Waals surface area contributed by atoms with Crippen LogP contribution in [0.4, 0.5) is 4.39 Å². The molecule has 2 aliphatic rings. The van der Waals surface area contributed by atoms with Gasteiger partial charge in [0.25, 0.3) is 0 Å². The highest BCUT2D eigenvalue weighted by Crippen LogP contribution is 2.40. The smallest absolute Gasteiger partial charge is 0.227 e. The van der Waals surface area contributed by atoms with Gasteiger partial charge in [-0.1, -0.05) is 41.4 Å². The Morgan fingerprint density at radius 3 is 2.58 bits per heavy atom. The molecule has 4 rings (SSSR count). The van der Waals surface area contributed by atoms with Crippen molar-refractivity contribution in [2.45, 2.75) is 54.1 Å². The molecule has 1 amide bonds. The third-order valence-corrected chi connectivity index (χ3v) is 9.08. The van der Waals surface area contributed by atoms with E-state index in [0.29, 0.717) is 12.8 Å². The lowest BCUT2D eigenvalue weighted by atomic mass is 10.0. The molecule has 3 unspecified atom stereocenters. The summed E-state index contributed by atoms with van der Waals surface area (Å²) in [6.45, 7) is -0.153. The van der Waals surface area contributed by atoms with Gasteiger partial charge in [0.15, 0.2) is 9.84 Å². The summed E-state index contributed by atoms with van der Waals surface area (Å²) in [7, 11) is -3.85. The Labute approximate surface area is 201 Å². The van der Waals surface area contributed by atoms with Crippen LogP contribution in [-0.2, 0) is 26.0 Å². The number of halogens is 3. The number of nitrogens with one attached hydrogen (secondary N) is 1. The number of nitriles is 1. The monoisotopic (exact) mass is 510 g/mol. The summed E-state index contributed by atoms with van der Waals surface area (Å²) in [5, 5.41) is 11.5. The number of hydrogen-bond donors (Lipinski definition) is 1. The highest BCUT2D eigenvalue weighted by Gasteiger charge is 2.50. The average molecular weight is 511 g/mol. The number of sulfone groups is 1. The summed E-state index contributed by atoms with van der Waals surface area (Å²) in [6, 6.07) is 12.4. The lowest BCUT2D eigenvalue weighted by Crippen LogP contribution is -2.42. The minimum atomic E-state index is -3.85. The topological polar surface area (TPSA) is 96.3 Å². The zero-order valence-electron chi connectivity index (χ0n) is 17.4. The van der Waals surface area contributed by atoms with Crippen molar-refractivity contribution in [3.05, 3.63) is 63.9 Å². The van der Waals surface area contributed by atoms with E-state index in [-0.39, 0.29) is 40.0 Å². The van der Waals surface area contributed by atoms with E-state index in [9.17, 15) is 22.9 Å². The number of ether oxygens (including phenoxy) is 1. The maximum absolute atomic E-state index is 14.2. The van der Waals surface area contributed by atoms with Gasteiger partial charge in [-0.2, -0.15) is 5.26 Å². The summed E-state index contributed by atoms with van der Waals surface area (Å²) < 4.78 is 46.7. The highest BCUT2D eigenvalue weighted by molar-refractivity contribution is 7.92. The molecule has 0 bridgehead atoms. The van der Waals surface area contributed by atoms with Crippen LogP contribution in [0.25, 0.3) is 0 Å². The van der Waals surface area contributed by atoms with Crippen LogP contribution < -0.4 is 5.32 Å². The molecule has 0 radical (unpaired) electrons. The van der Waals surface area contributed by atoms with Gasteiger partial charge < -0.3 is 10.1 Å². The highest BCUT2D eigenvalue weighted by atomic mass is 35.5. The fraction of sp³-hybridized carbons (Fsp3) is 0.391. The number of nitrogens with zero attached hydrogens (tertiary/aromatic N) is 1. The molecule has 2 saturated carbocycles. The number of rotatable bonds is 7. The van der Waals surface area contributed by atoms with Crippen molar-refractivity contribution in [1.82, 2.24) is 5.32 Å². The molecule has 0 spiro atoms. The lowest BCUT2D eigenvalue weighted by Gasteiger charge is -2.21. The van der Waals surface area contributed by atoms with E-state index in [0.717, 1.165) is 6.07 Å². The van der Waals surface area contributed by atoms with Gasteiger partial charge in [0, 0.05) is 10.6 Å². The molecule has 2 fully saturated rings. The molecule has 1 N–H and O–H groups in total. The van der Waals surface area contributed by atoms with Crippen molar-refractivity contribution >= 4 is 38.9 Å². The van der Waals surface area contributed by atoms with Gasteiger partial charge in [0.1, 0.15) is 11.4 Å². The third kappa shape index (κ3) is 5.02. The molecule has 0 saturated heterocycles. The maximum Gasteiger partial charge on any atom is 0.227 e. The van der Waals surface area contributed by atoms with Crippen molar-refractivity contribution in [1.29, 1.82) is 5.26 Å². The van der Waals surface area contributed by atoms with Gasteiger partial charge in [-0.05, 0) is 49.9 Å². The standard InChI is InChI=1S/C23H21Cl2FN2O4S/c24-15-6-5-14(19(26)9-15)12-32-20-11-16(33(30,31)21-4-2-1-3-18(21)25)10-17(20)22(29)28-23(13-27)7-8-23/h1-6,9,16-17,20H,7-8,10-12H2,(H,28,29). The molecule has 2 aliphatic carbocycles. The Morgan fingerprint density at radius 2 is 1.94 bits per heavy atom. The van der Waals surface area contributed by atoms with Gasteiger partial charge in [0.05, 0.1) is 39.9 Å².